The zero-order valence-corrected chi connectivity index (χ0v) is 15.4. The van der Waals surface area contributed by atoms with Gasteiger partial charge < -0.3 is 4.90 Å². The average molecular weight is 366 g/mol. The minimum absolute atomic E-state index is 0.0943. The first kappa shape index (κ1) is 18.1. The van der Waals surface area contributed by atoms with Gasteiger partial charge in [0.05, 0.1) is 35.0 Å². The van der Waals surface area contributed by atoms with Gasteiger partial charge in [0.25, 0.3) is 5.70 Å². The molecule has 0 aliphatic carbocycles. The molecule has 3 rings (SSSR count). The van der Waals surface area contributed by atoms with Gasteiger partial charge in [0.15, 0.2) is 0 Å². The van der Waals surface area contributed by atoms with Gasteiger partial charge in [0.2, 0.25) is 0 Å². The molecule has 0 amide bonds. The number of benzene rings is 2. The number of rotatable bonds is 3. The van der Waals surface area contributed by atoms with Gasteiger partial charge in [-0.2, -0.15) is 5.26 Å². The molecule has 128 valence electrons. The summed E-state index contributed by atoms with van der Waals surface area (Å²) in [7, 11) is 1.97. The van der Waals surface area contributed by atoms with Gasteiger partial charge in [0, 0.05) is 17.5 Å². The molecule has 1 heterocycles. The molecule has 0 aromatic heterocycles. The molecular formula is C22H14N4S. The Morgan fingerprint density at radius 1 is 1.07 bits per heavy atom. The lowest BCUT2D eigenvalue weighted by atomic mass is 9.96. The topological polar surface area (TPSA) is 55.2 Å². The summed E-state index contributed by atoms with van der Waals surface area (Å²) in [5, 5.41) is 20.0. The molecule has 0 bridgehead atoms. The van der Waals surface area contributed by atoms with Crippen molar-refractivity contribution in [3.05, 3.63) is 100 Å². The van der Waals surface area contributed by atoms with Crippen LogP contribution < -0.4 is 4.90 Å². The van der Waals surface area contributed by atoms with E-state index in [2.05, 4.69) is 15.8 Å². The maximum absolute atomic E-state index is 9.70. The van der Waals surface area contributed by atoms with Crippen LogP contribution in [0.4, 0.5) is 5.69 Å². The highest BCUT2D eigenvalue weighted by atomic mass is 32.2. The Labute approximate surface area is 162 Å². The third-order valence-corrected chi connectivity index (χ3v) is 5.26. The Morgan fingerprint density at radius 3 is 2.41 bits per heavy atom. The lowest BCUT2D eigenvalue weighted by molar-refractivity contribution is 1.17. The van der Waals surface area contributed by atoms with E-state index in [-0.39, 0.29) is 11.3 Å². The largest absolute Gasteiger partial charge is 0.338 e. The summed E-state index contributed by atoms with van der Waals surface area (Å²) in [4.78, 5) is 6.52. The highest BCUT2D eigenvalue weighted by molar-refractivity contribution is 8.03. The van der Waals surface area contributed by atoms with E-state index in [1.165, 1.54) is 0 Å². The number of nitriles is 2. The molecule has 5 heteroatoms. The van der Waals surface area contributed by atoms with Gasteiger partial charge in [-0.05, 0) is 29.8 Å². The van der Waals surface area contributed by atoms with E-state index in [4.69, 9.17) is 6.57 Å². The lowest BCUT2D eigenvalue weighted by Gasteiger charge is -2.12. The van der Waals surface area contributed by atoms with Crippen molar-refractivity contribution >= 4 is 23.0 Å². The van der Waals surface area contributed by atoms with E-state index >= 15 is 0 Å². The van der Waals surface area contributed by atoms with Crippen molar-refractivity contribution in [3.8, 4) is 12.1 Å². The summed E-state index contributed by atoms with van der Waals surface area (Å²) in [5.41, 5.74) is 2.33. The summed E-state index contributed by atoms with van der Waals surface area (Å²) < 4.78 is 0. The molecule has 1 aliphatic heterocycles. The van der Waals surface area contributed by atoms with E-state index < -0.39 is 0 Å². The zero-order chi connectivity index (χ0) is 19.2. The Bertz CT molecular complexity index is 1070. The van der Waals surface area contributed by atoms with Gasteiger partial charge in [0.1, 0.15) is 0 Å². The van der Waals surface area contributed by atoms with Crippen molar-refractivity contribution < 1.29 is 0 Å². The summed E-state index contributed by atoms with van der Waals surface area (Å²) >= 11 is 1.62. The Kier molecular flexibility index (Phi) is 5.43. The molecule has 0 saturated carbocycles. The molecule has 4 nitrogen and oxygen atoms in total. The molecule has 0 unspecified atom stereocenters. The number of thioether (sulfide) groups is 1. The minimum Gasteiger partial charge on any atom is -0.338 e. The summed E-state index contributed by atoms with van der Waals surface area (Å²) in [6.07, 6.45) is 3.53. The van der Waals surface area contributed by atoms with Crippen molar-refractivity contribution in [2.24, 2.45) is 0 Å². The smallest absolute Gasteiger partial charge is 0.270 e. The van der Waals surface area contributed by atoms with Crippen molar-refractivity contribution in [3.63, 3.8) is 0 Å². The van der Waals surface area contributed by atoms with Crippen LogP contribution in [0.2, 0.25) is 0 Å². The number of anilines is 1. The highest BCUT2D eigenvalue weighted by Gasteiger charge is 2.21. The maximum Gasteiger partial charge on any atom is 0.270 e. The molecule has 0 fully saturated rings. The number of para-hydroxylation sites is 1. The molecule has 1 aliphatic rings. The van der Waals surface area contributed by atoms with Gasteiger partial charge in [-0.15, -0.1) is 0 Å². The van der Waals surface area contributed by atoms with Crippen molar-refractivity contribution in [2.75, 3.05) is 11.9 Å². The van der Waals surface area contributed by atoms with Gasteiger partial charge in [-0.3, -0.25) is 0 Å². The summed E-state index contributed by atoms with van der Waals surface area (Å²) in [5.74, 6) is 0. The van der Waals surface area contributed by atoms with Crippen LogP contribution in [0, 0.1) is 29.2 Å². The third kappa shape index (κ3) is 3.62. The number of hydrogen-bond acceptors (Lipinski definition) is 4. The standard InChI is InChI=1S/C22H14N4S/c1-25-18(15-24)22(16-8-4-3-5-9-16)17(14-23)12-13-21-26(2)19-10-6-7-11-20(19)27-21/h3-13H,2H3. The van der Waals surface area contributed by atoms with Crippen LogP contribution in [0.1, 0.15) is 5.56 Å². The number of hydrogen-bond donors (Lipinski definition) is 0. The molecule has 0 radical (unpaired) electrons. The SMILES string of the molecule is [C-]#[N+]C(C#N)=C(C(C#N)=CC=C1Sc2ccccc2N1C)c1ccccc1. The molecule has 2 aromatic rings. The van der Waals surface area contributed by atoms with Crippen molar-refractivity contribution in [2.45, 2.75) is 4.90 Å². The van der Waals surface area contributed by atoms with Gasteiger partial charge >= 0.3 is 0 Å². The van der Waals surface area contributed by atoms with E-state index in [0.717, 1.165) is 15.6 Å². The highest BCUT2D eigenvalue weighted by Crippen LogP contribution is 2.44. The lowest BCUT2D eigenvalue weighted by Crippen LogP contribution is -2.09. The van der Waals surface area contributed by atoms with Gasteiger partial charge in [-0.25, -0.2) is 10.1 Å². The number of allylic oxidation sites excluding steroid dienone is 5. The fraction of sp³-hybridized carbons (Fsp3) is 0.0455. The maximum atomic E-state index is 9.70. The number of nitrogens with zero attached hydrogens (tertiary/aromatic N) is 4. The number of fused-ring (bicyclic) bond motifs is 1. The normalized spacial score (nSPS) is 15.4. The Balaban J connectivity index is 2.06. The molecule has 27 heavy (non-hydrogen) atoms. The second kappa shape index (κ2) is 8.11. The average Bonchev–Trinajstić information content (AvgIpc) is 3.04. The van der Waals surface area contributed by atoms with Crippen LogP contribution in [-0.4, -0.2) is 7.05 Å². The molecule has 0 saturated heterocycles. The molecule has 0 N–H and O–H groups in total. The quantitative estimate of drug-likeness (QED) is 0.416. The van der Waals surface area contributed by atoms with Crippen LogP contribution >= 0.6 is 11.8 Å². The fourth-order valence-electron chi connectivity index (χ4n) is 2.76. The van der Waals surface area contributed by atoms with Crippen LogP contribution in [0.25, 0.3) is 10.4 Å². The predicted octanol–water partition coefficient (Wildman–Crippen LogP) is 5.37. The van der Waals surface area contributed by atoms with Crippen molar-refractivity contribution in [1.29, 1.82) is 10.5 Å². The van der Waals surface area contributed by atoms with E-state index in [1.807, 2.05) is 61.7 Å². The van der Waals surface area contributed by atoms with E-state index in [9.17, 15) is 10.5 Å². The first-order valence-corrected chi connectivity index (χ1v) is 8.91. The van der Waals surface area contributed by atoms with E-state index in [1.54, 1.807) is 30.0 Å². The predicted molar refractivity (Wildman–Crippen MR) is 108 cm³/mol. The second-order valence-corrected chi connectivity index (χ2v) is 6.70. The molecule has 0 spiro atoms. The zero-order valence-electron chi connectivity index (χ0n) is 14.5. The van der Waals surface area contributed by atoms with Crippen molar-refractivity contribution in [1.82, 2.24) is 0 Å². The molecular weight excluding hydrogens is 352 g/mol. The Morgan fingerprint density at radius 2 is 1.78 bits per heavy atom. The fourth-order valence-corrected chi connectivity index (χ4v) is 3.81. The molecule has 2 aromatic carbocycles. The second-order valence-electron chi connectivity index (χ2n) is 5.64. The monoisotopic (exact) mass is 366 g/mol. The van der Waals surface area contributed by atoms with Crippen LogP contribution in [0.15, 0.2) is 87.9 Å². The first-order valence-electron chi connectivity index (χ1n) is 8.10. The third-order valence-electron chi connectivity index (χ3n) is 4.07. The summed E-state index contributed by atoms with van der Waals surface area (Å²) in [6.45, 7) is 7.31. The van der Waals surface area contributed by atoms with Crippen LogP contribution in [-0.2, 0) is 0 Å². The Hall–Kier alpha value is -3.72. The van der Waals surface area contributed by atoms with Crippen LogP contribution in [0.3, 0.4) is 0 Å². The van der Waals surface area contributed by atoms with Crippen LogP contribution in [0.5, 0.6) is 0 Å². The van der Waals surface area contributed by atoms with E-state index in [0.29, 0.717) is 11.1 Å². The van der Waals surface area contributed by atoms with Gasteiger partial charge in [-0.1, -0.05) is 54.2 Å². The minimum atomic E-state index is -0.0943. The molecule has 0 atom stereocenters. The first-order chi connectivity index (χ1) is 13.2. The summed E-state index contributed by atoms with van der Waals surface area (Å²) in [6, 6.07) is 21.2.